The molecule has 0 atom stereocenters. The van der Waals surface area contributed by atoms with Gasteiger partial charge in [-0.15, -0.1) is 11.3 Å². The maximum absolute atomic E-state index is 4.62. The molecule has 0 aliphatic carbocycles. The van der Waals surface area contributed by atoms with E-state index in [-0.39, 0.29) is 0 Å². The van der Waals surface area contributed by atoms with E-state index in [0.717, 1.165) is 28.7 Å². The van der Waals surface area contributed by atoms with Crippen molar-refractivity contribution >= 4 is 27.8 Å². The van der Waals surface area contributed by atoms with Gasteiger partial charge in [-0.05, 0) is 26.0 Å². The summed E-state index contributed by atoms with van der Waals surface area (Å²) in [4.78, 5) is 13.4. The van der Waals surface area contributed by atoms with Gasteiger partial charge in [-0.1, -0.05) is 0 Å². The van der Waals surface area contributed by atoms with E-state index >= 15 is 0 Å². The molecule has 5 nitrogen and oxygen atoms in total. The van der Waals surface area contributed by atoms with E-state index < -0.39 is 0 Å². The Morgan fingerprint density at radius 3 is 2.90 bits per heavy atom. The van der Waals surface area contributed by atoms with Gasteiger partial charge in [0.05, 0.1) is 23.6 Å². The van der Waals surface area contributed by atoms with Gasteiger partial charge in [0.1, 0.15) is 0 Å². The molecule has 0 saturated heterocycles. The molecule has 6 heteroatoms. The highest BCUT2D eigenvalue weighted by atomic mass is 32.1. The summed E-state index contributed by atoms with van der Waals surface area (Å²) in [5.41, 5.74) is 3.30. The number of aromatic nitrogens is 3. The number of pyridine rings is 1. The molecule has 0 aliphatic heterocycles. The number of hydrogen-bond donors (Lipinski definition) is 1. The largest absolute Gasteiger partial charge is 0.376 e. The van der Waals surface area contributed by atoms with Gasteiger partial charge in [-0.2, -0.15) is 0 Å². The first-order valence-electron chi connectivity index (χ1n) is 6.86. The van der Waals surface area contributed by atoms with E-state index in [1.807, 2.05) is 31.3 Å². The quantitative estimate of drug-likeness (QED) is 0.804. The highest BCUT2D eigenvalue weighted by Gasteiger charge is 2.12. The Bertz CT molecular complexity index is 772. The van der Waals surface area contributed by atoms with Crippen molar-refractivity contribution in [3.8, 4) is 0 Å². The van der Waals surface area contributed by atoms with Crippen molar-refractivity contribution in [1.82, 2.24) is 14.4 Å². The third-order valence-electron chi connectivity index (χ3n) is 3.40. The third-order valence-corrected chi connectivity index (χ3v) is 4.30. The predicted octanol–water partition coefficient (Wildman–Crippen LogP) is 3.09. The summed E-state index contributed by atoms with van der Waals surface area (Å²) < 4.78 is 2.17. The molecule has 0 fully saturated rings. The lowest BCUT2D eigenvalue weighted by Gasteiger charge is -2.16. The number of aryl methyl sites for hydroxylation is 2. The molecule has 0 spiro atoms. The lowest BCUT2D eigenvalue weighted by Crippen LogP contribution is -2.14. The van der Waals surface area contributed by atoms with Crippen LogP contribution in [0.3, 0.4) is 0 Å². The SMILES string of the molecule is Cc1cn2c(CNc3cccnc3N(C)C)c(C)nc2s1. The summed E-state index contributed by atoms with van der Waals surface area (Å²) in [6.07, 6.45) is 3.96. The normalized spacial score (nSPS) is 11.0. The van der Waals surface area contributed by atoms with Gasteiger partial charge in [0.25, 0.3) is 0 Å². The van der Waals surface area contributed by atoms with Gasteiger partial charge in [0.2, 0.25) is 0 Å². The summed E-state index contributed by atoms with van der Waals surface area (Å²) in [6.45, 7) is 4.90. The average molecular weight is 301 g/mol. The molecular weight excluding hydrogens is 282 g/mol. The van der Waals surface area contributed by atoms with Crippen molar-refractivity contribution in [1.29, 1.82) is 0 Å². The van der Waals surface area contributed by atoms with Crippen LogP contribution in [-0.4, -0.2) is 28.5 Å². The fourth-order valence-electron chi connectivity index (χ4n) is 2.39. The summed E-state index contributed by atoms with van der Waals surface area (Å²) in [7, 11) is 4.00. The Morgan fingerprint density at radius 1 is 1.33 bits per heavy atom. The molecule has 1 N–H and O–H groups in total. The first-order chi connectivity index (χ1) is 10.1. The van der Waals surface area contributed by atoms with E-state index in [2.05, 4.69) is 45.8 Å². The molecule has 3 aromatic rings. The lowest BCUT2D eigenvalue weighted by molar-refractivity contribution is 0.981. The number of anilines is 2. The van der Waals surface area contributed by atoms with Crippen LogP contribution >= 0.6 is 11.3 Å². The Hall–Kier alpha value is -2.08. The van der Waals surface area contributed by atoms with Crippen LogP contribution in [0.1, 0.15) is 16.3 Å². The zero-order chi connectivity index (χ0) is 15.0. The van der Waals surface area contributed by atoms with Crippen LogP contribution in [0.5, 0.6) is 0 Å². The maximum atomic E-state index is 4.62. The maximum Gasteiger partial charge on any atom is 0.194 e. The minimum Gasteiger partial charge on any atom is -0.376 e. The van der Waals surface area contributed by atoms with Crippen LogP contribution < -0.4 is 10.2 Å². The molecule has 0 radical (unpaired) electrons. The smallest absolute Gasteiger partial charge is 0.194 e. The summed E-state index contributed by atoms with van der Waals surface area (Å²) in [5, 5.41) is 3.48. The zero-order valence-electron chi connectivity index (χ0n) is 12.7. The number of imidazole rings is 1. The molecule has 3 rings (SSSR count). The van der Waals surface area contributed by atoms with Crippen molar-refractivity contribution in [2.24, 2.45) is 0 Å². The number of hydrogen-bond acceptors (Lipinski definition) is 5. The Kier molecular flexibility index (Phi) is 3.55. The number of rotatable bonds is 4. The van der Waals surface area contributed by atoms with E-state index in [0.29, 0.717) is 0 Å². The van der Waals surface area contributed by atoms with E-state index in [9.17, 15) is 0 Å². The van der Waals surface area contributed by atoms with Gasteiger partial charge in [-0.3, -0.25) is 4.40 Å². The average Bonchev–Trinajstić information content (AvgIpc) is 2.92. The van der Waals surface area contributed by atoms with Crippen molar-refractivity contribution in [3.05, 3.63) is 40.8 Å². The number of fused-ring (bicyclic) bond motifs is 1. The first kappa shape index (κ1) is 13.9. The van der Waals surface area contributed by atoms with Gasteiger partial charge in [0.15, 0.2) is 10.8 Å². The van der Waals surface area contributed by atoms with Crippen LogP contribution in [0.2, 0.25) is 0 Å². The van der Waals surface area contributed by atoms with Crippen molar-refractivity contribution in [3.63, 3.8) is 0 Å². The van der Waals surface area contributed by atoms with Crippen molar-refractivity contribution in [2.45, 2.75) is 20.4 Å². The van der Waals surface area contributed by atoms with Gasteiger partial charge < -0.3 is 10.2 Å². The molecule has 0 saturated carbocycles. The second kappa shape index (κ2) is 5.37. The molecule has 3 heterocycles. The fraction of sp³-hybridized carbons (Fsp3) is 0.333. The molecule has 21 heavy (non-hydrogen) atoms. The van der Waals surface area contributed by atoms with Crippen LogP contribution in [-0.2, 0) is 6.54 Å². The first-order valence-corrected chi connectivity index (χ1v) is 7.68. The minimum absolute atomic E-state index is 0.732. The van der Waals surface area contributed by atoms with Crippen LogP contribution in [0.4, 0.5) is 11.5 Å². The lowest BCUT2D eigenvalue weighted by atomic mass is 10.3. The number of thiazole rings is 1. The third kappa shape index (κ3) is 2.58. The summed E-state index contributed by atoms with van der Waals surface area (Å²) in [5.74, 6) is 0.942. The molecular formula is C15H19N5S. The Labute approximate surface area is 128 Å². The molecule has 0 bridgehead atoms. The monoisotopic (exact) mass is 301 g/mol. The molecule has 3 aromatic heterocycles. The molecule has 0 unspecified atom stereocenters. The molecule has 0 amide bonds. The second-order valence-corrected chi connectivity index (χ2v) is 6.47. The highest BCUT2D eigenvalue weighted by Crippen LogP contribution is 2.24. The second-order valence-electron chi connectivity index (χ2n) is 5.26. The van der Waals surface area contributed by atoms with Gasteiger partial charge >= 0.3 is 0 Å². The summed E-state index contributed by atoms with van der Waals surface area (Å²) >= 11 is 1.72. The Morgan fingerprint density at radius 2 is 2.14 bits per heavy atom. The highest BCUT2D eigenvalue weighted by molar-refractivity contribution is 7.17. The Balaban J connectivity index is 1.88. The topological polar surface area (TPSA) is 45.5 Å². The van der Waals surface area contributed by atoms with Crippen molar-refractivity contribution in [2.75, 3.05) is 24.3 Å². The number of nitrogens with zero attached hydrogens (tertiary/aromatic N) is 4. The predicted molar refractivity (Wildman–Crippen MR) is 88.4 cm³/mol. The summed E-state index contributed by atoms with van der Waals surface area (Å²) in [6, 6.07) is 4.00. The fourth-order valence-corrected chi connectivity index (χ4v) is 3.28. The van der Waals surface area contributed by atoms with E-state index in [1.54, 1.807) is 11.3 Å². The number of nitrogens with one attached hydrogen (secondary N) is 1. The van der Waals surface area contributed by atoms with Crippen molar-refractivity contribution < 1.29 is 0 Å². The van der Waals surface area contributed by atoms with Crippen LogP contribution in [0.25, 0.3) is 4.96 Å². The van der Waals surface area contributed by atoms with Crippen LogP contribution in [0, 0.1) is 13.8 Å². The molecule has 0 aromatic carbocycles. The van der Waals surface area contributed by atoms with E-state index in [1.165, 1.54) is 10.6 Å². The molecule has 110 valence electrons. The van der Waals surface area contributed by atoms with E-state index in [4.69, 9.17) is 0 Å². The van der Waals surface area contributed by atoms with Crippen LogP contribution in [0.15, 0.2) is 24.5 Å². The zero-order valence-corrected chi connectivity index (χ0v) is 13.5. The van der Waals surface area contributed by atoms with Gasteiger partial charge in [0, 0.05) is 31.4 Å². The minimum atomic E-state index is 0.732. The standard InChI is InChI=1S/C15H19N5S/c1-10-9-20-13(11(2)18-15(20)21-10)8-17-12-6-5-7-16-14(12)19(3)4/h5-7,9,17H,8H2,1-4H3. The van der Waals surface area contributed by atoms with Gasteiger partial charge in [-0.25, -0.2) is 9.97 Å². The molecule has 0 aliphatic rings.